The van der Waals surface area contributed by atoms with Crippen LogP contribution in [0.2, 0.25) is 0 Å². The number of benzene rings is 1. The van der Waals surface area contributed by atoms with E-state index in [0.29, 0.717) is 4.99 Å². The fraction of sp³-hybridized carbons (Fsp3) is 0.500. The van der Waals surface area contributed by atoms with Crippen LogP contribution in [-0.2, 0) is 0 Å². The van der Waals surface area contributed by atoms with Crippen LogP contribution in [-0.4, -0.2) is 10.5 Å². The summed E-state index contributed by atoms with van der Waals surface area (Å²) in [4.78, 5) is 0.444. The molecule has 0 aliphatic rings. The van der Waals surface area contributed by atoms with E-state index < -0.39 is 0 Å². The summed E-state index contributed by atoms with van der Waals surface area (Å²) in [6.45, 7) is 8.65. The summed E-state index contributed by atoms with van der Waals surface area (Å²) in [5.74, 6) is 0. The summed E-state index contributed by atoms with van der Waals surface area (Å²) >= 11 is 5.08. The van der Waals surface area contributed by atoms with Crippen molar-refractivity contribution in [2.24, 2.45) is 5.73 Å². The smallest absolute Gasteiger partial charge is 0.106 e. The first kappa shape index (κ1) is 14.0. The molecule has 0 heterocycles. The third kappa shape index (κ3) is 4.00. The van der Waals surface area contributed by atoms with Crippen molar-refractivity contribution in [1.29, 1.82) is 0 Å². The number of anilines is 1. The van der Waals surface area contributed by atoms with Crippen LogP contribution in [0.3, 0.4) is 0 Å². The molecule has 2 nitrogen and oxygen atoms in total. The lowest BCUT2D eigenvalue weighted by Gasteiger charge is -2.28. The molecule has 0 aliphatic heterocycles. The number of hydrogen-bond donors (Lipinski definition) is 2. The van der Waals surface area contributed by atoms with Crippen molar-refractivity contribution >= 4 is 22.9 Å². The fourth-order valence-corrected chi connectivity index (χ4v) is 2.21. The number of rotatable bonds is 5. The molecule has 94 valence electrons. The maximum Gasteiger partial charge on any atom is 0.106 e. The highest BCUT2D eigenvalue weighted by Crippen LogP contribution is 2.24. The lowest BCUT2D eigenvalue weighted by Crippen LogP contribution is -2.31. The molecular weight excluding hydrogens is 228 g/mol. The van der Waals surface area contributed by atoms with Crippen LogP contribution >= 0.6 is 12.2 Å². The molecular formula is C14H22N2S. The molecule has 0 fully saturated rings. The largest absolute Gasteiger partial charge is 0.389 e. The number of nitrogens with one attached hydrogen (secondary N) is 1. The monoisotopic (exact) mass is 250 g/mol. The van der Waals surface area contributed by atoms with E-state index in [1.165, 1.54) is 5.56 Å². The summed E-state index contributed by atoms with van der Waals surface area (Å²) in [5.41, 5.74) is 8.98. The van der Waals surface area contributed by atoms with Gasteiger partial charge in [0.2, 0.25) is 0 Å². The normalized spacial score (nSPS) is 11.3. The topological polar surface area (TPSA) is 38.0 Å². The number of aryl methyl sites for hydroxylation is 1. The Bertz CT molecular complexity index is 411. The Morgan fingerprint density at radius 1 is 1.41 bits per heavy atom. The molecule has 0 amide bonds. The maximum atomic E-state index is 5.75. The highest BCUT2D eigenvalue weighted by molar-refractivity contribution is 7.80. The second-order valence-corrected chi connectivity index (χ2v) is 5.61. The Morgan fingerprint density at radius 2 is 2.06 bits per heavy atom. The van der Waals surface area contributed by atoms with E-state index in [2.05, 4.69) is 39.1 Å². The van der Waals surface area contributed by atoms with Gasteiger partial charge in [-0.3, -0.25) is 0 Å². The second-order valence-electron chi connectivity index (χ2n) is 5.17. The van der Waals surface area contributed by atoms with Crippen LogP contribution in [0.15, 0.2) is 18.2 Å². The zero-order valence-electron chi connectivity index (χ0n) is 11.1. The third-order valence-electron chi connectivity index (χ3n) is 2.79. The van der Waals surface area contributed by atoms with Crippen LogP contribution < -0.4 is 11.1 Å². The third-order valence-corrected chi connectivity index (χ3v) is 3.01. The molecule has 3 N–H and O–H groups in total. The highest BCUT2D eigenvalue weighted by atomic mass is 32.1. The summed E-state index contributed by atoms with van der Waals surface area (Å²) in [5, 5.41) is 3.54. The van der Waals surface area contributed by atoms with E-state index in [1.807, 2.05) is 12.1 Å². The summed E-state index contributed by atoms with van der Waals surface area (Å²) < 4.78 is 0. The molecule has 0 spiro atoms. The van der Waals surface area contributed by atoms with Gasteiger partial charge in [-0.25, -0.2) is 0 Å². The summed E-state index contributed by atoms with van der Waals surface area (Å²) in [6.07, 6.45) is 2.26. The Kier molecular flexibility index (Phi) is 4.52. The molecule has 0 radical (unpaired) electrons. The van der Waals surface area contributed by atoms with Gasteiger partial charge in [-0.2, -0.15) is 0 Å². The molecule has 1 aromatic carbocycles. The standard InChI is InChI=1S/C14H22N2S/c1-5-8-14(3,4)16-12-9-10(2)6-7-11(12)13(15)17/h6-7,9,16H,5,8H2,1-4H3,(H2,15,17). The lowest BCUT2D eigenvalue weighted by molar-refractivity contribution is 0.511. The van der Waals surface area contributed by atoms with Crippen molar-refractivity contribution in [2.75, 3.05) is 5.32 Å². The molecule has 1 aromatic rings. The average molecular weight is 250 g/mol. The van der Waals surface area contributed by atoms with Crippen molar-refractivity contribution in [3.8, 4) is 0 Å². The molecule has 0 bridgehead atoms. The number of hydrogen-bond acceptors (Lipinski definition) is 2. The first-order valence-corrected chi connectivity index (χ1v) is 6.45. The van der Waals surface area contributed by atoms with Gasteiger partial charge in [-0.05, 0) is 44.9 Å². The molecule has 3 heteroatoms. The molecule has 0 saturated heterocycles. The van der Waals surface area contributed by atoms with Crippen LogP contribution in [0.25, 0.3) is 0 Å². The van der Waals surface area contributed by atoms with Crippen LogP contribution in [0.1, 0.15) is 44.7 Å². The van der Waals surface area contributed by atoms with Crippen molar-refractivity contribution in [2.45, 2.75) is 46.1 Å². The molecule has 0 aromatic heterocycles. The van der Waals surface area contributed by atoms with Gasteiger partial charge in [-0.1, -0.05) is 31.6 Å². The summed E-state index contributed by atoms with van der Waals surface area (Å²) in [6, 6.07) is 6.13. The van der Waals surface area contributed by atoms with Gasteiger partial charge < -0.3 is 11.1 Å². The first-order valence-electron chi connectivity index (χ1n) is 6.04. The van der Waals surface area contributed by atoms with E-state index in [1.54, 1.807) is 0 Å². The Hall–Kier alpha value is -1.09. The predicted octanol–water partition coefficient (Wildman–Crippen LogP) is 3.62. The quantitative estimate of drug-likeness (QED) is 0.784. The van der Waals surface area contributed by atoms with E-state index in [4.69, 9.17) is 18.0 Å². The van der Waals surface area contributed by atoms with Gasteiger partial charge in [-0.15, -0.1) is 0 Å². The minimum absolute atomic E-state index is 0.0576. The van der Waals surface area contributed by atoms with Crippen LogP contribution in [0, 0.1) is 6.92 Å². The van der Waals surface area contributed by atoms with Crippen LogP contribution in [0.5, 0.6) is 0 Å². The maximum absolute atomic E-state index is 5.75. The first-order chi connectivity index (χ1) is 7.85. The average Bonchev–Trinajstić information content (AvgIpc) is 2.15. The van der Waals surface area contributed by atoms with Gasteiger partial charge in [0, 0.05) is 16.8 Å². The zero-order chi connectivity index (χ0) is 13.1. The highest BCUT2D eigenvalue weighted by Gasteiger charge is 2.18. The minimum Gasteiger partial charge on any atom is -0.389 e. The van der Waals surface area contributed by atoms with Crippen molar-refractivity contribution in [3.63, 3.8) is 0 Å². The molecule has 17 heavy (non-hydrogen) atoms. The summed E-state index contributed by atoms with van der Waals surface area (Å²) in [7, 11) is 0. The Labute approximate surface area is 110 Å². The SMILES string of the molecule is CCCC(C)(C)Nc1cc(C)ccc1C(N)=S. The van der Waals surface area contributed by atoms with Gasteiger partial charge >= 0.3 is 0 Å². The van der Waals surface area contributed by atoms with Crippen molar-refractivity contribution < 1.29 is 0 Å². The molecule has 0 aliphatic carbocycles. The minimum atomic E-state index is 0.0576. The van der Waals surface area contributed by atoms with Crippen molar-refractivity contribution in [3.05, 3.63) is 29.3 Å². The van der Waals surface area contributed by atoms with Gasteiger partial charge in [0.1, 0.15) is 4.99 Å². The molecule has 0 unspecified atom stereocenters. The lowest BCUT2D eigenvalue weighted by atomic mass is 9.97. The van der Waals surface area contributed by atoms with E-state index in [0.717, 1.165) is 24.1 Å². The Balaban J connectivity index is 3.04. The van der Waals surface area contributed by atoms with Crippen molar-refractivity contribution in [1.82, 2.24) is 0 Å². The zero-order valence-corrected chi connectivity index (χ0v) is 11.9. The fourth-order valence-electron chi connectivity index (χ4n) is 2.03. The van der Waals surface area contributed by atoms with Gasteiger partial charge in [0.05, 0.1) is 0 Å². The molecule has 0 saturated carbocycles. The van der Waals surface area contributed by atoms with E-state index in [9.17, 15) is 0 Å². The number of thiocarbonyl (C=S) groups is 1. The molecule has 0 atom stereocenters. The van der Waals surface area contributed by atoms with Gasteiger partial charge in [0.25, 0.3) is 0 Å². The molecule has 1 rings (SSSR count). The van der Waals surface area contributed by atoms with E-state index in [-0.39, 0.29) is 5.54 Å². The van der Waals surface area contributed by atoms with E-state index >= 15 is 0 Å². The van der Waals surface area contributed by atoms with Crippen LogP contribution in [0.4, 0.5) is 5.69 Å². The predicted molar refractivity (Wildman–Crippen MR) is 79.7 cm³/mol. The second kappa shape index (κ2) is 5.50. The number of nitrogens with two attached hydrogens (primary N) is 1. The Morgan fingerprint density at radius 3 is 2.59 bits per heavy atom. The van der Waals surface area contributed by atoms with Gasteiger partial charge in [0.15, 0.2) is 0 Å².